The second kappa shape index (κ2) is 9.62. The summed E-state index contributed by atoms with van der Waals surface area (Å²) in [7, 11) is 0. The summed E-state index contributed by atoms with van der Waals surface area (Å²) in [4.78, 5) is 28.5. The first-order valence-corrected chi connectivity index (χ1v) is 14.5. The van der Waals surface area contributed by atoms with Crippen LogP contribution in [0.2, 0.25) is 0 Å². The molecule has 0 spiro atoms. The number of carbonyl (C=O) groups excluding carboxylic acids is 1. The van der Waals surface area contributed by atoms with Crippen molar-refractivity contribution in [2.24, 2.45) is 5.92 Å². The van der Waals surface area contributed by atoms with Crippen molar-refractivity contribution in [3.63, 3.8) is 0 Å². The van der Waals surface area contributed by atoms with E-state index in [4.69, 9.17) is 10.5 Å². The number of anilines is 1. The van der Waals surface area contributed by atoms with Gasteiger partial charge < -0.3 is 19.9 Å². The molecule has 194 valence electrons. The fourth-order valence-electron chi connectivity index (χ4n) is 5.98. The third-order valence-corrected chi connectivity index (χ3v) is 9.10. The van der Waals surface area contributed by atoms with Crippen molar-refractivity contribution in [3.8, 4) is 16.9 Å². The molecule has 0 bridgehead atoms. The fraction of sp³-hybridized carbons (Fsp3) is 0.379. The maximum atomic E-state index is 13.0. The quantitative estimate of drug-likeness (QED) is 0.413. The van der Waals surface area contributed by atoms with Crippen LogP contribution < -0.4 is 10.5 Å². The number of aromatic nitrogens is 4. The smallest absolute Gasteiger partial charge is 0.225 e. The first-order chi connectivity index (χ1) is 18.7. The number of amides is 1. The number of nitrogen functional groups attached to an aromatic ring is 1. The lowest BCUT2D eigenvalue weighted by Gasteiger charge is -2.39. The molecule has 1 saturated heterocycles. The highest BCUT2D eigenvalue weighted by atomic mass is 32.2. The van der Waals surface area contributed by atoms with Gasteiger partial charge in [-0.1, -0.05) is 18.2 Å². The van der Waals surface area contributed by atoms with E-state index in [0.717, 1.165) is 83.9 Å². The average molecular weight is 527 g/mol. The molecule has 38 heavy (non-hydrogen) atoms. The van der Waals surface area contributed by atoms with E-state index in [1.807, 2.05) is 41.1 Å². The summed E-state index contributed by atoms with van der Waals surface area (Å²) in [5, 5.41) is 0.854. The lowest BCUT2D eigenvalue weighted by Crippen LogP contribution is -2.45. The highest BCUT2D eigenvalue weighted by Crippen LogP contribution is 2.45. The maximum Gasteiger partial charge on any atom is 0.225 e. The summed E-state index contributed by atoms with van der Waals surface area (Å²) >= 11 is 1.93. The van der Waals surface area contributed by atoms with Gasteiger partial charge in [0.15, 0.2) is 0 Å². The van der Waals surface area contributed by atoms with E-state index in [-0.39, 0.29) is 18.1 Å². The van der Waals surface area contributed by atoms with Crippen molar-refractivity contribution < 1.29 is 9.53 Å². The normalized spacial score (nSPS) is 22.9. The molecule has 1 atom stereocenters. The van der Waals surface area contributed by atoms with Gasteiger partial charge in [0.25, 0.3) is 0 Å². The van der Waals surface area contributed by atoms with Crippen molar-refractivity contribution in [1.82, 2.24) is 24.4 Å². The minimum Gasteiger partial charge on any atom is -0.484 e. The summed E-state index contributed by atoms with van der Waals surface area (Å²) in [6.45, 7) is 1.74. The van der Waals surface area contributed by atoms with Gasteiger partial charge in [-0.3, -0.25) is 9.78 Å². The van der Waals surface area contributed by atoms with E-state index >= 15 is 0 Å². The first kappa shape index (κ1) is 23.5. The summed E-state index contributed by atoms with van der Waals surface area (Å²) in [6, 6.07) is 12.6. The summed E-state index contributed by atoms with van der Waals surface area (Å²) < 4.78 is 8.64. The van der Waals surface area contributed by atoms with Crippen molar-refractivity contribution in [2.75, 3.05) is 30.3 Å². The number of hydrogen-bond acceptors (Lipinski definition) is 7. The molecule has 1 aromatic carbocycles. The molecule has 1 amide bonds. The number of hydrogen-bond donors (Lipinski definition) is 1. The van der Waals surface area contributed by atoms with Gasteiger partial charge in [-0.2, -0.15) is 11.8 Å². The van der Waals surface area contributed by atoms with Crippen molar-refractivity contribution >= 4 is 34.5 Å². The molecule has 9 heteroatoms. The van der Waals surface area contributed by atoms with E-state index in [0.29, 0.717) is 11.7 Å². The Kier molecular flexibility index (Phi) is 5.95. The van der Waals surface area contributed by atoms with Crippen LogP contribution in [0.15, 0.2) is 55.1 Å². The van der Waals surface area contributed by atoms with Crippen molar-refractivity contribution in [2.45, 2.75) is 37.8 Å². The van der Waals surface area contributed by atoms with Crippen LogP contribution in [0, 0.1) is 5.92 Å². The standard InChI is InChI=1S/C29H30N6O2S/c30-27-26-22(19-5-4-18-6-7-24(37-25(18)15-19)23-3-1-2-8-31-23)16-35(28(26)33-17-32-27)21-13-20(14-21)29(36)34-9-11-38-12-10-34/h1-5,8,15-17,20-21,24H,6-7,9-14H2,(H2,30,32,33). The van der Waals surface area contributed by atoms with E-state index in [1.165, 1.54) is 11.9 Å². The number of ether oxygens (including phenoxy) is 1. The molecule has 8 nitrogen and oxygen atoms in total. The largest absolute Gasteiger partial charge is 0.484 e. The van der Waals surface area contributed by atoms with E-state index in [2.05, 4.69) is 43.9 Å². The molecular formula is C29H30N6O2S. The van der Waals surface area contributed by atoms with Crippen LogP contribution in [-0.2, 0) is 11.2 Å². The summed E-state index contributed by atoms with van der Waals surface area (Å²) in [5.41, 5.74) is 11.4. The number of pyridine rings is 1. The number of carbonyl (C=O) groups is 1. The topological polar surface area (TPSA) is 99.2 Å². The molecule has 1 saturated carbocycles. The van der Waals surface area contributed by atoms with Crippen LogP contribution in [0.25, 0.3) is 22.2 Å². The van der Waals surface area contributed by atoms with Gasteiger partial charge in [-0.05, 0) is 55.0 Å². The Labute approximate surface area is 225 Å². The molecule has 1 unspecified atom stereocenters. The lowest BCUT2D eigenvalue weighted by atomic mass is 9.79. The molecule has 3 aromatic heterocycles. The number of fused-ring (bicyclic) bond motifs is 2. The lowest BCUT2D eigenvalue weighted by molar-refractivity contribution is -0.139. The van der Waals surface area contributed by atoms with Gasteiger partial charge in [-0.25, -0.2) is 9.97 Å². The Morgan fingerprint density at radius 1 is 1.08 bits per heavy atom. The minimum absolute atomic E-state index is 0.0587. The van der Waals surface area contributed by atoms with E-state index in [9.17, 15) is 4.79 Å². The van der Waals surface area contributed by atoms with E-state index in [1.54, 1.807) is 0 Å². The van der Waals surface area contributed by atoms with Gasteiger partial charge in [0.2, 0.25) is 5.91 Å². The van der Waals surface area contributed by atoms with Crippen LogP contribution in [-0.4, -0.2) is 54.9 Å². The second-order valence-corrected chi connectivity index (χ2v) is 11.6. The molecule has 0 radical (unpaired) electrons. The molecule has 7 rings (SSSR count). The number of rotatable bonds is 4. The molecule has 4 aromatic rings. The molecule has 2 N–H and O–H groups in total. The summed E-state index contributed by atoms with van der Waals surface area (Å²) in [6.07, 6.45) is 8.92. The number of benzene rings is 1. The maximum absolute atomic E-state index is 13.0. The number of nitrogens with two attached hydrogens (primary N) is 1. The third-order valence-electron chi connectivity index (χ3n) is 8.16. The third kappa shape index (κ3) is 4.09. The zero-order valence-corrected chi connectivity index (χ0v) is 21.9. The Morgan fingerprint density at radius 3 is 2.76 bits per heavy atom. The Morgan fingerprint density at radius 2 is 1.95 bits per heavy atom. The monoisotopic (exact) mass is 526 g/mol. The molecular weight excluding hydrogens is 496 g/mol. The molecule has 2 fully saturated rings. The number of nitrogens with zero attached hydrogens (tertiary/aromatic N) is 5. The van der Waals surface area contributed by atoms with Crippen LogP contribution in [0.1, 0.15) is 42.7 Å². The minimum atomic E-state index is -0.0587. The van der Waals surface area contributed by atoms with Crippen molar-refractivity contribution in [1.29, 1.82) is 0 Å². The number of aryl methyl sites for hydroxylation is 1. The van der Waals surface area contributed by atoms with Gasteiger partial charge in [0, 0.05) is 54.5 Å². The van der Waals surface area contributed by atoms with Gasteiger partial charge in [0.05, 0.1) is 11.1 Å². The molecule has 2 aliphatic heterocycles. The second-order valence-electron chi connectivity index (χ2n) is 10.4. The summed E-state index contributed by atoms with van der Waals surface area (Å²) in [5.74, 6) is 3.82. The predicted molar refractivity (Wildman–Crippen MR) is 149 cm³/mol. The van der Waals surface area contributed by atoms with Crippen LogP contribution in [0.5, 0.6) is 5.75 Å². The highest BCUT2D eigenvalue weighted by Gasteiger charge is 2.39. The van der Waals surface area contributed by atoms with Crippen LogP contribution in [0.3, 0.4) is 0 Å². The van der Waals surface area contributed by atoms with Crippen LogP contribution >= 0.6 is 11.8 Å². The molecule has 1 aliphatic carbocycles. The van der Waals surface area contributed by atoms with Gasteiger partial charge in [-0.15, -0.1) is 0 Å². The number of thioether (sulfide) groups is 1. The zero-order valence-electron chi connectivity index (χ0n) is 21.1. The van der Waals surface area contributed by atoms with Gasteiger partial charge >= 0.3 is 0 Å². The zero-order chi connectivity index (χ0) is 25.6. The molecule has 3 aliphatic rings. The first-order valence-electron chi connectivity index (χ1n) is 13.3. The predicted octanol–water partition coefficient (Wildman–Crippen LogP) is 4.67. The molecule has 5 heterocycles. The van der Waals surface area contributed by atoms with Crippen LogP contribution in [0.4, 0.5) is 5.82 Å². The van der Waals surface area contributed by atoms with E-state index < -0.39 is 0 Å². The highest BCUT2D eigenvalue weighted by molar-refractivity contribution is 7.99. The Bertz CT molecular complexity index is 1490. The Hall–Kier alpha value is -3.59. The fourth-order valence-corrected chi connectivity index (χ4v) is 6.88. The average Bonchev–Trinajstić information content (AvgIpc) is 3.33. The van der Waals surface area contributed by atoms with Gasteiger partial charge in [0.1, 0.15) is 29.6 Å². The Balaban J connectivity index is 1.18. The van der Waals surface area contributed by atoms with Crippen molar-refractivity contribution in [3.05, 3.63) is 66.4 Å². The SMILES string of the molecule is Nc1ncnc2c1c(-c1ccc3c(c1)OC(c1ccccn1)CC3)cn2C1CC(C(=O)N2CCSCC2)C1.